The minimum Gasteiger partial charge on any atom is -0.492 e. The fourth-order valence-electron chi connectivity index (χ4n) is 6.06. The van der Waals surface area contributed by atoms with Crippen molar-refractivity contribution < 1.29 is 10.2 Å². The fourth-order valence-corrected chi connectivity index (χ4v) is 6.06. The first kappa shape index (κ1) is 40.0. The zero-order chi connectivity index (χ0) is 34.6. The molecule has 0 fully saturated rings. The molecule has 0 saturated carbocycles. The van der Waals surface area contributed by atoms with Crippen LogP contribution in [0.25, 0.3) is 0 Å². The highest BCUT2D eigenvalue weighted by Gasteiger charge is 2.24. The lowest BCUT2D eigenvalue weighted by atomic mass is 9.95. The van der Waals surface area contributed by atoms with Crippen molar-refractivity contribution in [1.82, 2.24) is 9.58 Å². The third kappa shape index (κ3) is 12.7. The molecule has 47 heavy (non-hydrogen) atoms. The van der Waals surface area contributed by atoms with Gasteiger partial charge in [-0.2, -0.15) is 15.1 Å². The van der Waals surface area contributed by atoms with Gasteiger partial charge in [-0.05, 0) is 55.7 Å². The number of hydrogen-bond acceptors (Lipinski definition) is 8. The molecule has 2 aromatic rings. The minimum absolute atomic E-state index is 0.000422. The molecule has 0 aliphatic heterocycles. The van der Waals surface area contributed by atoms with Crippen LogP contribution in [0, 0.1) is 30.1 Å². The summed E-state index contributed by atoms with van der Waals surface area (Å²) in [6.07, 6.45) is 15.1. The highest BCUT2D eigenvalue weighted by atomic mass is 16.3. The lowest BCUT2D eigenvalue weighted by Crippen LogP contribution is -2.37. The number of azo groups is 1. The number of aliphatic hydroxyl groups is 1. The molecule has 0 aliphatic carbocycles. The van der Waals surface area contributed by atoms with Gasteiger partial charge in [0, 0.05) is 25.2 Å². The number of aliphatic hydroxyl groups excluding tert-OH is 1. The number of hydrogen-bond donors (Lipinski definition) is 3. The molecule has 0 amide bonds. The Morgan fingerprint density at radius 2 is 1.40 bits per heavy atom. The van der Waals surface area contributed by atoms with Gasteiger partial charge in [-0.15, -0.1) is 5.11 Å². The summed E-state index contributed by atoms with van der Waals surface area (Å²) in [5.41, 5.74) is 4.00. The number of pyridine rings is 1. The first-order valence-corrected chi connectivity index (χ1v) is 18.3. The van der Waals surface area contributed by atoms with Gasteiger partial charge in [-0.25, -0.2) is 0 Å². The molecule has 3 unspecified atom stereocenters. The van der Waals surface area contributed by atoms with Crippen molar-refractivity contribution in [3.63, 3.8) is 0 Å². The monoisotopic (exact) mass is 650 g/mol. The average molecular weight is 651 g/mol. The molecule has 0 radical (unpaired) electrons. The molecule has 0 spiro atoms. The normalized spacial score (nSPS) is 13.6. The van der Waals surface area contributed by atoms with Gasteiger partial charge in [0.25, 0.3) is 5.56 Å². The quantitative estimate of drug-likeness (QED) is 0.0590. The summed E-state index contributed by atoms with van der Waals surface area (Å²) in [5, 5.41) is 40.6. The highest BCUT2D eigenvalue weighted by Crippen LogP contribution is 2.29. The average Bonchev–Trinajstić information content (AvgIpc) is 3.08. The number of aromatic nitrogens is 1. The zero-order valence-corrected chi connectivity index (χ0v) is 30.1. The van der Waals surface area contributed by atoms with Crippen molar-refractivity contribution in [2.75, 3.05) is 25.1 Å². The van der Waals surface area contributed by atoms with Crippen LogP contribution in [0.3, 0.4) is 0 Å². The molecule has 1 aromatic carbocycles. The van der Waals surface area contributed by atoms with Crippen LogP contribution in [-0.4, -0.2) is 39.4 Å². The number of unbranched alkanes of at least 4 members (excludes halogenated alkanes) is 7. The molecule has 9 heteroatoms. The van der Waals surface area contributed by atoms with Crippen LogP contribution in [-0.2, 0) is 0 Å². The van der Waals surface area contributed by atoms with Crippen LogP contribution in [0.15, 0.2) is 39.3 Å². The summed E-state index contributed by atoms with van der Waals surface area (Å²) in [5.74, 6) is 0.665. The van der Waals surface area contributed by atoms with Gasteiger partial charge in [0.1, 0.15) is 17.9 Å². The lowest BCUT2D eigenvalue weighted by molar-refractivity contribution is -0.0204. The van der Waals surface area contributed by atoms with E-state index in [2.05, 4.69) is 55.2 Å². The first-order valence-electron chi connectivity index (χ1n) is 18.3. The third-order valence-corrected chi connectivity index (χ3v) is 9.36. The zero-order valence-electron chi connectivity index (χ0n) is 30.1. The second-order valence-electron chi connectivity index (χ2n) is 13.1. The van der Waals surface area contributed by atoms with Crippen molar-refractivity contribution in [1.29, 1.82) is 5.26 Å². The van der Waals surface area contributed by atoms with E-state index in [4.69, 9.17) is 0 Å². The number of rotatable bonds is 24. The lowest BCUT2D eigenvalue weighted by Gasteiger charge is -2.34. The Balaban J connectivity index is 2.26. The van der Waals surface area contributed by atoms with Gasteiger partial charge in [-0.3, -0.25) is 9.69 Å². The second kappa shape index (κ2) is 22.4. The molecule has 1 heterocycles. The number of aromatic hydroxyl groups is 1. The smallest absolute Gasteiger partial charge is 0.300 e. The van der Waals surface area contributed by atoms with Crippen LogP contribution in [0.4, 0.5) is 11.4 Å². The molecule has 3 atom stereocenters. The predicted octanol–water partition coefficient (Wildman–Crippen LogP) is 9.78. The van der Waals surface area contributed by atoms with Gasteiger partial charge >= 0.3 is 0 Å². The van der Waals surface area contributed by atoms with Crippen molar-refractivity contribution in [3.05, 3.63) is 51.3 Å². The van der Waals surface area contributed by atoms with E-state index in [0.717, 1.165) is 55.4 Å². The van der Waals surface area contributed by atoms with E-state index in [-0.39, 0.29) is 16.8 Å². The van der Waals surface area contributed by atoms with E-state index in [9.17, 15) is 20.3 Å². The summed E-state index contributed by atoms with van der Waals surface area (Å²) in [6, 6.07) is 9.32. The second-order valence-corrected chi connectivity index (χ2v) is 13.1. The van der Waals surface area contributed by atoms with E-state index in [1.54, 1.807) is 19.1 Å². The van der Waals surface area contributed by atoms with E-state index in [1.807, 2.05) is 18.2 Å². The van der Waals surface area contributed by atoms with Gasteiger partial charge in [-0.1, -0.05) is 117 Å². The Hall–Kier alpha value is -3.22. The maximum Gasteiger partial charge on any atom is 0.300 e. The van der Waals surface area contributed by atoms with Crippen molar-refractivity contribution in [2.45, 2.75) is 138 Å². The molecule has 3 N–H and O–H groups in total. The first-order chi connectivity index (χ1) is 22.8. The number of benzene rings is 1. The molecule has 262 valence electrons. The molecule has 1 aromatic heterocycles. The number of nitriles is 1. The summed E-state index contributed by atoms with van der Waals surface area (Å²) in [4.78, 5) is 15.6. The minimum atomic E-state index is -0.727. The van der Waals surface area contributed by atoms with Gasteiger partial charge in [0.05, 0.1) is 5.69 Å². The highest BCUT2D eigenvalue weighted by molar-refractivity contribution is 5.57. The van der Waals surface area contributed by atoms with Crippen LogP contribution < -0.4 is 11.0 Å². The largest absolute Gasteiger partial charge is 0.492 e. The van der Waals surface area contributed by atoms with Gasteiger partial charge in [0.15, 0.2) is 5.69 Å². The van der Waals surface area contributed by atoms with Crippen molar-refractivity contribution >= 4 is 11.4 Å². The van der Waals surface area contributed by atoms with Crippen LogP contribution in [0.2, 0.25) is 0 Å². The van der Waals surface area contributed by atoms with Gasteiger partial charge < -0.3 is 15.6 Å². The number of nitrogens with one attached hydrogen (secondary N) is 1. The molecular weight excluding hydrogens is 588 g/mol. The van der Waals surface area contributed by atoms with Crippen LogP contribution >= 0.6 is 0 Å². The molecule has 0 aliphatic rings. The molecule has 0 saturated heterocycles. The Kier molecular flexibility index (Phi) is 19.0. The van der Waals surface area contributed by atoms with Crippen molar-refractivity contribution in [2.24, 2.45) is 22.1 Å². The number of nitrogens with zero attached hydrogens (tertiary/aromatic N) is 5. The Labute approximate surface area is 284 Å². The third-order valence-electron chi connectivity index (χ3n) is 9.36. The maximum atomic E-state index is 13.3. The van der Waals surface area contributed by atoms with E-state index in [1.165, 1.54) is 57.8 Å². The molecular formula is C38H62N6O3. The predicted molar refractivity (Wildman–Crippen MR) is 193 cm³/mol. The molecule has 9 nitrogen and oxygen atoms in total. The topological polar surface area (TPSA) is 126 Å². The standard InChI is InChI=1S/C38H62N6O3/c1-7-12-15-16-17-18-25-40-44-37(46)34(26-39)29(6)35(38(44)47)42-41-33-23-21-32(22-24-33)36(45)43(27-30(10-4)19-13-8-2)28-31(11-5)20-14-9-3/h21-24,30-31,36,40,45-46H,7-20,25,27-28H2,1-6H3. The van der Waals surface area contributed by atoms with Crippen LogP contribution in [0.1, 0.15) is 147 Å². The summed E-state index contributed by atoms with van der Waals surface area (Å²) in [7, 11) is 0. The SMILES string of the molecule is CCCCCCCCNn1c(O)c(C#N)c(C)c(N=Nc2ccc(C(O)N(CC(CC)CCCC)CC(CC)CCCC)cc2)c1=O. The fraction of sp³-hybridized carbons (Fsp3) is 0.684. The Morgan fingerprint density at radius 3 is 1.94 bits per heavy atom. The molecule has 2 rings (SSSR count). The van der Waals surface area contributed by atoms with Crippen molar-refractivity contribution in [3.8, 4) is 11.9 Å². The van der Waals surface area contributed by atoms with Crippen LogP contribution in [0.5, 0.6) is 5.88 Å². The van der Waals surface area contributed by atoms with E-state index in [0.29, 0.717) is 24.1 Å². The van der Waals surface area contributed by atoms with E-state index >= 15 is 0 Å². The summed E-state index contributed by atoms with van der Waals surface area (Å²) < 4.78 is 1.01. The summed E-state index contributed by atoms with van der Waals surface area (Å²) in [6.45, 7) is 14.9. The Morgan fingerprint density at radius 1 is 0.851 bits per heavy atom. The maximum absolute atomic E-state index is 13.3. The molecule has 0 bridgehead atoms. The van der Waals surface area contributed by atoms with E-state index < -0.39 is 17.7 Å². The Bertz CT molecular complexity index is 1280. The van der Waals surface area contributed by atoms with Gasteiger partial charge in [0.2, 0.25) is 5.88 Å². The summed E-state index contributed by atoms with van der Waals surface area (Å²) >= 11 is 0.